The lowest BCUT2D eigenvalue weighted by molar-refractivity contribution is 0.0171. The van der Waals surface area contributed by atoms with E-state index in [1.807, 2.05) is 0 Å². The van der Waals surface area contributed by atoms with E-state index in [0.717, 1.165) is 6.42 Å². The summed E-state index contributed by atoms with van der Waals surface area (Å²) >= 11 is 0. The van der Waals surface area contributed by atoms with Gasteiger partial charge in [-0.15, -0.1) is 0 Å². The largest absolute Gasteiger partial charge is 0.396 e. The first-order valence-electron chi connectivity index (χ1n) is 8.34. The molecule has 0 heterocycles. The molecule has 0 saturated heterocycles. The van der Waals surface area contributed by atoms with Crippen molar-refractivity contribution < 1.29 is 5.11 Å². The average Bonchev–Trinajstić information content (AvgIpc) is 2.46. The smallest absolute Gasteiger partial charge is 0.0490 e. The zero-order chi connectivity index (χ0) is 15.3. The summed E-state index contributed by atoms with van der Waals surface area (Å²) in [7, 11) is 0. The molecule has 2 aliphatic carbocycles. The zero-order valence-corrected chi connectivity index (χ0v) is 13.8. The molecule has 1 aromatic carbocycles. The summed E-state index contributed by atoms with van der Waals surface area (Å²) in [6, 6.07) is 7.02. The maximum atomic E-state index is 9.93. The van der Waals surface area contributed by atoms with Gasteiger partial charge in [0.05, 0.1) is 0 Å². The highest BCUT2D eigenvalue weighted by molar-refractivity contribution is 5.62. The molecule has 1 N–H and O–H groups in total. The molecule has 1 aromatic rings. The van der Waals surface area contributed by atoms with Crippen LogP contribution in [0, 0.1) is 11.3 Å². The first-order chi connectivity index (χ1) is 9.90. The highest BCUT2D eigenvalue weighted by Crippen LogP contribution is 2.55. The number of aliphatic hydroxyl groups excluding tert-OH is 1. The molecule has 0 spiro atoms. The van der Waals surface area contributed by atoms with Crippen molar-refractivity contribution in [2.24, 2.45) is 11.3 Å². The quantitative estimate of drug-likeness (QED) is 0.819. The highest BCUT2D eigenvalue weighted by Gasteiger charge is 2.49. The van der Waals surface area contributed by atoms with Gasteiger partial charge in [0.15, 0.2) is 0 Å². The molecule has 0 unspecified atom stereocenters. The van der Waals surface area contributed by atoms with E-state index >= 15 is 0 Å². The first-order valence-corrected chi connectivity index (χ1v) is 8.34. The molecule has 1 saturated carbocycles. The summed E-state index contributed by atoms with van der Waals surface area (Å²) in [5.41, 5.74) is 4.50. The summed E-state index contributed by atoms with van der Waals surface area (Å²) < 4.78 is 0. The van der Waals surface area contributed by atoms with Gasteiger partial charge in [-0.2, -0.15) is 0 Å². The van der Waals surface area contributed by atoms with Gasteiger partial charge in [-0.25, -0.2) is 0 Å². The predicted octanol–water partition coefficient (Wildman–Crippen LogP) is 4.89. The molecule has 1 fully saturated rings. The van der Waals surface area contributed by atoms with E-state index in [2.05, 4.69) is 58.0 Å². The van der Waals surface area contributed by atoms with E-state index in [1.54, 1.807) is 0 Å². The second-order valence-corrected chi connectivity index (χ2v) is 7.92. The molecule has 3 atom stereocenters. The van der Waals surface area contributed by atoms with E-state index < -0.39 is 0 Å². The molecule has 0 aliphatic heterocycles. The molecule has 0 amide bonds. The second-order valence-electron chi connectivity index (χ2n) is 7.92. The zero-order valence-electron chi connectivity index (χ0n) is 13.8. The van der Waals surface area contributed by atoms with E-state index in [0.29, 0.717) is 11.8 Å². The van der Waals surface area contributed by atoms with Crippen LogP contribution in [0.1, 0.15) is 69.6 Å². The van der Waals surface area contributed by atoms with Crippen LogP contribution in [0.25, 0.3) is 6.08 Å². The number of benzene rings is 1. The third-order valence-corrected chi connectivity index (χ3v) is 6.07. The number of fused-ring (bicyclic) bond motifs is 3. The average molecular weight is 284 g/mol. The summed E-state index contributed by atoms with van der Waals surface area (Å²) in [6.45, 7) is 9.45. The summed E-state index contributed by atoms with van der Waals surface area (Å²) in [4.78, 5) is 0. The number of allylic oxidation sites excluding steroid dienone is 1. The topological polar surface area (TPSA) is 20.2 Å². The third kappa shape index (κ3) is 2.17. The van der Waals surface area contributed by atoms with Gasteiger partial charge >= 0.3 is 0 Å². The van der Waals surface area contributed by atoms with Gasteiger partial charge in [0.1, 0.15) is 0 Å². The molecule has 1 nitrogen and oxygen atoms in total. The predicted molar refractivity (Wildman–Crippen MR) is 89.5 cm³/mol. The van der Waals surface area contributed by atoms with Gasteiger partial charge in [-0.05, 0) is 52.2 Å². The second kappa shape index (κ2) is 4.98. The minimum atomic E-state index is 0.0257. The molecule has 2 aliphatic rings. The van der Waals surface area contributed by atoms with Crippen LogP contribution in [0.15, 0.2) is 24.3 Å². The van der Waals surface area contributed by atoms with E-state index in [-0.39, 0.29) is 17.4 Å². The summed E-state index contributed by atoms with van der Waals surface area (Å²) in [5.74, 6) is 1.02. The van der Waals surface area contributed by atoms with Crippen LogP contribution in [0.3, 0.4) is 0 Å². The number of hydrogen-bond donors (Lipinski definition) is 1. The maximum absolute atomic E-state index is 9.93. The van der Waals surface area contributed by atoms with Gasteiger partial charge < -0.3 is 5.11 Å². The Morgan fingerprint density at radius 1 is 1.24 bits per heavy atom. The van der Waals surface area contributed by atoms with Crippen molar-refractivity contribution in [2.45, 2.75) is 58.3 Å². The fourth-order valence-corrected chi connectivity index (χ4v) is 4.66. The molecule has 21 heavy (non-hydrogen) atoms. The van der Waals surface area contributed by atoms with Gasteiger partial charge in [0, 0.05) is 6.61 Å². The Hall–Kier alpha value is -1.08. The lowest BCUT2D eigenvalue weighted by Gasteiger charge is -2.53. The Bertz CT molecular complexity index is 571. The summed E-state index contributed by atoms with van der Waals surface area (Å²) in [6.07, 6.45) is 8.25. The van der Waals surface area contributed by atoms with Crippen LogP contribution in [0.5, 0.6) is 0 Å². The lowest BCUT2D eigenvalue weighted by Crippen LogP contribution is -2.48. The first kappa shape index (κ1) is 14.8. The van der Waals surface area contributed by atoms with E-state index in [1.165, 1.54) is 29.5 Å². The minimum absolute atomic E-state index is 0.0257. The van der Waals surface area contributed by atoms with Crippen molar-refractivity contribution in [1.29, 1.82) is 0 Å². The fraction of sp³-hybridized carbons (Fsp3) is 0.600. The maximum Gasteiger partial charge on any atom is 0.0490 e. The van der Waals surface area contributed by atoms with E-state index in [9.17, 15) is 5.11 Å². The Morgan fingerprint density at radius 2 is 2.00 bits per heavy atom. The van der Waals surface area contributed by atoms with Gasteiger partial charge in [0.25, 0.3) is 0 Å². The normalized spacial score (nSPS) is 34.7. The highest BCUT2D eigenvalue weighted by atomic mass is 16.3. The van der Waals surface area contributed by atoms with Crippen molar-refractivity contribution >= 4 is 6.08 Å². The lowest BCUT2D eigenvalue weighted by atomic mass is 9.52. The Kier molecular flexibility index (Phi) is 3.52. The van der Waals surface area contributed by atoms with Crippen molar-refractivity contribution in [3.63, 3.8) is 0 Å². The monoisotopic (exact) mass is 284 g/mol. The van der Waals surface area contributed by atoms with Crippen LogP contribution in [-0.4, -0.2) is 11.7 Å². The van der Waals surface area contributed by atoms with Crippen molar-refractivity contribution in [3.8, 4) is 0 Å². The molecule has 114 valence electrons. The molecular formula is C20H28O. The van der Waals surface area contributed by atoms with Crippen molar-refractivity contribution in [2.75, 3.05) is 6.61 Å². The van der Waals surface area contributed by atoms with Gasteiger partial charge in [-0.1, -0.05) is 64.5 Å². The standard InChI is InChI=1S/C20H28O/c1-14(2)15-6-8-17-16(12-15)7-9-18-19(3,13-21)10-5-11-20(17,18)4/h6-9,12,14,18,21H,5,10-11,13H2,1-4H3/t18-,19-,20+/m1/s1. The molecule has 0 radical (unpaired) electrons. The molecular weight excluding hydrogens is 256 g/mol. The minimum Gasteiger partial charge on any atom is -0.396 e. The van der Waals surface area contributed by atoms with Crippen LogP contribution in [0.4, 0.5) is 0 Å². The Morgan fingerprint density at radius 3 is 2.67 bits per heavy atom. The van der Waals surface area contributed by atoms with Gasteiger partial charge in [0.2, 0.25) is 0 Å². The summed E-state index contributed by atoms with van der Waals surface area (Å²) in [5, 5.41) is 9.93. The molecule has 1 heteroatoms. The number of hydrogen-bond acceptors (Lipinski definition) is 1. The third-order valence-electron chi connectivity index (χ3n) is 6.07. The van der Waals surface area contributed by atoms with Crippen LogP contribution in [-0.2, 0) is 5.41 Å². The SMILES string of the molecule is CC(C)c1ccc2c(c1)C=C[C@@H]1[C@@](C)(CO)CCC[C@@]21C. The van der Waals surface area contributed by atoms with Crippen LogP contribution < -0.4 is 0 Å². The number of aliphatic hydroxyl groups is 1. The van der Waals surface area contributed by atoms with Crippen molar-refractivity contribution in [1.82, 2.24) is 0 Å². The van der Waals surface area contributed by atoms with E-state index in [4.69, 9.17) is 0 Å². The molecule has 3 rings (SSSR count). The van der Waals surface area contributed by atoms with Gasteiger partial charge in [-0.3, -0.25) is 0 Å². The van der Waals surface area contributed by atoms with Crippen LogP contribution >= 0.6 is 0 Å². The number of rotatable bonds is 2. The molecule has 0 bridgehead atoms. The Labute approximate surface area is 129 Å². The van der Waals surface area contributed by atoms with Crippen molar-refractivity contribution in [3.05, 3.63) is 41.0 Å². The van der Waals surface area contributed by atoms with Crippen LogP contribution in [0.2, 0.25) is 0 Å². The molecule has 0 aromatic heterocycles. The Balaban J connectivity index is 2.10. The fourth-order valence-electron chi connectivity index (χ4n) is 4.66.